The van der Waals surface area contributed by atoms with Crippen LogP contribution in [0.1, 0.15) is 5.56 Å². The first-order chi connectivity index (χ1) is 9.43. The van der Waals surface area contributed by atoms with Crippen LogP contribution in [0, 0.1) is 5.92 Å². The number of alkyl halides is 6. The molecule has 1 unspecified atom stereocenters. The van der Waals surface area contributed by atoms with E-state index in [2.05, 4.69) is 0 Å². The molecular formula is C11H8ClF6NO2. The molecule has 1 rings (SSSR count). The SMILES string of the molecule is O=C(O)C(CNc1cc(C(F)(F)F)ccc1Cl)C(F)(F)F. The van der Waals surface area contributed by atoms with Crippen LogP contribution in [-0.2, 0) is 11.0 Å². The number of carboxylic acid groups (broad SMARTS) is 1. The summed E-state index contributed by atoms with van der Waals surface area (Å²) in [6.07, 6.45) is -9.73. The first kappa shape index (κ1) is 17.4. The van der Waals surface area contributed by atoms with Crippen LogP contribution in [0.3, 0.4) is 0 Å². The van der Waals surface area contributed by atoms with Crippen LogP contribution in [0.4, 0.5) is 32.0 Å². The summed E-state index contributed by atoms with van der Waals surface area (Å²) >= 11 is 5.57. The van der Waals surface area contributed by atoms with Gasteiger partial charge in [0.15, 0.2) is 5.92 Å². The lowest BCUT2D eigenvalue weighted by atomic mass is 10.1. The second kappa shape index (κ2) is 6.00. The van der Waals surface area contributed by atoms with Crippen molar-refractivity contribution in [2.24, 2.45) is 5.92 Å². The zero-order valence-electron chi connectivity index (χ0n) is 10.0. The number of halogens is 7. The Balaban J connectivity index is 2.95. The van der Waals surface area contributed by atoms with Crippen molar-refractivity contribution in [2.45, 2.75) is 12.4 Å². The van der Waals surface area contributed by atoms with E-state index >= 15 is 0 Å². The van der Waals surface area contributed by atoms with Gasteiger partial charge in [-0.3, -0.25) is 4.79 Å². The van der Waals surface area contributed by atoms with Gasteiger partial charge in [-0.1, -0.05) is 11.6 Å². The number of aliphatic carboxylic acids is 1. The maximum absolute atomic E-state index is 12.5. The summed E-state index contributed by atoms with van der Waals surface area (Å²) in [4.78, 5) is 10.5. The molecule has 0 aromatic heterocycles. The van der Waals surface area contributed by atoms with Crippen molar-refractivity contribution in [3.63, 3.8) is 0 Å². The molecule has 0 saturated carbocycles. The van der Waals surface area contributed by atoms with Crippen molar-refractivity contribution < 1.29 is 36.2 Å². The number of benzene rings is 1. The van der Waals surface area contributed by atoms with E-state index in [-0.39, 0.29) is 5.02 Å². The van der Waals surface area contributed by atoms with Crippen LogP contribution in [0.2, 0.25) is 5.02 Å². The second-order valence-corrected chi connectivity index (χ2v) is 4.41. The fraction of sp³-hybridized carbons (Fsp3) is 0.364. The van der Waals surface area contributed by atoms with Crippen molar-refractivity contribution in [1.82, 2.24) is 0 Å². The Morgan fingerprint density at radius 1 is 1.24 bits per heavy atom. The van der Waals surface area contributed by atoms with Crippen molar-refractivity contribution in [3.05, 3.63) is 28.8 Å². The smallest absolute Gasteiger partial charge is 0.416 e. The molecular weight excluding hydrogens is 328 g/mol. The average Bonchev–Trinajstić information content (AvgIpc) is 2.27. The van der Waals surface area contributed by atoms with Gasteiger partial charge in [0.1, 0.15) is 0 Å². The normalized spacial score (nSPS) is 13.9. The third kappa shape index (κ3) is 4.69. The molecule has 21 heavy (non-hydrogen) atoms. The lowest BCUT2D eigenvalue weighted by Gasteiger charge is -2.18. The minimum absolute atomic E-state index is 0.255. The van der Waals surface area contributed by atoms with Crippen LogP contribution in [-0.4, -0.2) is 23.8 Å². The molecule has 3 nitrogen and oxygen atoms in total. The van der Waals surface area contributed by atoms with Crippen LogP contribution >= 0.6 is 11.6 Å². The first-order valence-electron chi connectivity index (χ1n) is 5.33. The molecule has 118 valence electrons. The van der Waals surface area contributed by atoms with Crippen LogP contribution < -0.4 is 5.32 Å². The van der Waals surface area contributed by atoms with E-state index < -0.39 is 42.0 Å². The van der Waals surface area contributed by atoms with Gasteiger partial charge >= 0.3 is 18.3 Å². The number of nitrogens with one attached hydrogen (secondary N) is 1. The molecule has 10 heteroatoms. The lowest BCUT2D eigenvalue weighted by molar-refractivity contribution is -0.190. The molecule has 0 radical (unpaired) electrons. The minimum Gasteiger partial charge on any atom is -0.481 e. The second-order valence-electron chi connectivity index (χ2n) is 4.01. The Hall–Kier alpha value is -1.64. The number of carboxylic acids is 1. The third-order valence-electron chi connectivity index (χ3n) is 2.48. The van der Waals surface area contributed by atoms with E-state index in [0.717, 1.165) is 6.07 Å². The van der Waals surface area contributed by atoms with Crippen molar-refractivity contribution in [1.29, 1.82) is 0 Å². The van der Waals surface area contributed by atoms with Crippen molar-refractivity contribution >= 4 is 23.3 Å². The molecule has 0 heterocycles. The summed E-state index contributed by atoms with van der Waals surface area (Å²) in [5.41, 5.74) is -1.55. The summed E-state index contributed by atoms with van der Waals surface area (Å²) in [6.45, 7) is -1.14. The highest BCUT2D eigenvalue weighted by Crippen LogP contribution is 2.34. The predicted octanol–water partition coefficient (Wildman–Crippen LogP) is 4.03. The Morgan fingerprint density at radius 3 is 2.24 bits per heavy atom. The summed E-state index contributed by atoms with van der Waals surface area (Å²) in [7, 11) is 0. The van der Waals surface area contributed by atoms with Crippen molar-refractivity contribution in [3.8, 4) is 0 Å². The maximum atomic E-state index is 12.5. The molecule has 0 amide bonds. The number of hydrogen-bond acceptors (Lipinski definition) is 2. The van der Waals surface area contributed by atoms with E-state index in [1.165, 1.54) is 0 Å². The highest BCUT2D eigenvalue weighted by atomic mass is 35.5. The molecule has 1 atom stereocenters. The van der Waals surface area contributed by atoms with Gasteiger partial charge in [-0.05, 0) is 18.2 Å². The minimum atomic E-state index is -5.03. The number of anilines is 1. The number of carbonyl (C=O) groups is 1. The summed E-state index contributed by atoms with van der Waals surface area (Å²) in [5.74, 6) is -4.90. The van der Waals surface area contributed by atoms with Crippen molar-refractivity contribution in [2.75, 3.05) is 11.9 Å². The van der Waals surface area contributed by atoms with Crippen LogP contribution in [0.5, 0.6) is 0 Å². The predicted molar refractivity (Wildman–Crippen MR) is 62.1 cm³/mol. The molecule has 0 aliphatic heterocycles. The van der Waals surface area contributed by atoms with Gasteiger partial charge in [-0.25, -0.2) is 0 Å². The Kier molecular flexibility index (Phi) is 4.98. The van der Waals surface area contributed by atoms with E-state index in [4.69, 9.17) is 16.7 Å². The number of rotatable bonds is 4. The first-order valence-corrected chi connectivity index (χ1v) is 5.71. The third-order valence-corrected chi connectivity index (χ3v) is 2.81. The molecule has 0 saturated heterocycles. The summed E-state index contributed by atoms with van der Waals surface area (Å²) in [6, 6.07) is 2.03. The maximum Gasteiger partial charge on any atom is 0.416 e. The average molecular weight is 336 g/mol. The highest BCUT2D eigenvalue weighted by molar-refractivity contribution is 6.33. The standard InChI is InChI=1S/C11H8ClF6NO2/c12-7-2-1-5(10(13,14)15)3-8(7)19-4-6(9(20)21)11(16,17)18/h1-3,6,19H,4H2,(H,20,21). The quantitative estimate of drug-likeness (QED) is 0.817. The number of hydrogen-bond donors (Lipinski definition) is 2. The van der Waals surface area contributed by atoms with Crippen LogP contribution in [0.15, 0.2) is 18.2 Å². The molecule has 1 aromatic carbocycles. The van der Waals surface area contributed by atoms with E-state index in [1.54, 1.807) is 0 Å². The Morgan fingerprint density at radius 2 is 1.81 bits per heavy atom. The fourth-order valence-electron chi connectivity index (χ4n) is 1.39. The van der Waals surface area contributed by atoms with Gasteiger partial charge in [0.2, 0.25) is 0 Å². The summed E-state index contributed by atoms with van der Waals surface area (Å²) in [5, 5.41) is 10.2. The van der Waals surface area contributed by atoms with E-state index in [1.807, 2.05) is 5.32 Å². The lowest BCUT2D eigenvalue weighted by Crippen LogP contribution is -2.36. The Labute approximate surface area is 119 Å². The summed E-state index contributed by atoms with van der Waals surface area (Å²) < 4.78 is 74.6. The van der Waals surface area contributed by atoms with E-state index in [0.29, 0.717) is 12.1 Å². The van der Waals surface area contributed by atoms with E-state index in [9.17, 15) is 31.1 Å². The molecule has 0 bridgehead atoms. The van der Waals surface area contributed by atoms with Gasteiger partial charge in [0.05, 0.1) is 16.3 Å². The van der Waals surface area contributed by atoms with Crippen LogP contribution in [0.25, 0.3) is 0 Å². The monoisotopic (exact) mass is 335 g/mol. The van der Waals surface area contributed by atoms with Gasteiger partial charge < -0.3 is 10.4 Å². The fourth-order valence-corrected chi connectivity index (χ4v) is 1.58. The topological polar surface area (TPSA) is 49.3 Å². The van der Waals surface area contributed by atoms with Gasteiger partial charge in [0, 0.05) is 6.54 Å². The molecule has 1 aromatic rings. The highest BCUT2D eigenvalue weighted by Gasteiger charge is 2.45. The van der Waals surface area contributed by atoms with Gasteiger partial charge in [-0.15, -0.1) is 0 Å². The van der Waals surface area contributed by atoms with Gasteiger partial charge in [0.25, 0.3) is 0 Å². The molecule has 0 spiro atoms. The molecule has 0 aliphatic carbocycles. The zero-order valence-corrected chi connectivity index (χ0v) is 10.8. The Bertz CT molecular complexity index is 528. The zero-order chi connectivity index (χ0) is 16.4. The molecule has 0 aliphatic rings. The largest absolute Gasteiger partial charge is 0.481 e. The molecule has 0 fully saturated rings. The molecule has 2 N–H and O–H groups in total. The van der Waals surface area contributed by atoms with Gasteiger partial charge in [-0.2, -0.15) is 26.3 Å².